The molecule has 0 aliphatic carbocycles. The molecule has 2 aromatic carbocycles. The van der Waals surface area contributed by atoms with Gasteiger partial charge in [-0.2, -0.15) is 0 Å². The molecule has 0 aromatic heterocycles. The van der Waals surface area contributed by atoms with Crippen molar-refractivity contribution in [3.8, 4) is 0 Å². The summed E-state index contributed by atoms with van der Waals surface area (Å²) in [4.78, 5) is 12.0. The third kappa shape index (κ3) is 3.32. The first-order valence-electron chi connectivity index (χ1n) is 5.84. The minimum atomic E-state index is -0.802. The van der Waals surface area contributed by atoms with Crippen molar-refractivity contribution < 1.29 is 9.18 Å². The Hall–Kier alpha value is -1.87. The summed E-state index contributed by atoms with van der Waals surface area (Å²) in [6, 6.07) is 13.3. The van der Waals surface area contributed by atoms with E-state index in [1.165, 1.54) is 12.1 Å². The Kier molecular flexibility index (Phi) is 4.17. The first kappa shape index (κ1) is 13.6. The van der Waals surface area contributed by atoms with Crippen LogP contribution in [0.1, 0.15) is 16.5 Å². The minimum absolute atomic E-state index is 0.374. The molecular formula is C15H13ClFNO. The van der Waals surface area contributed by atoms with E-state index < -0.39 is 11.2 Å². The summed E-state index contributed by atoms with van der Waals surface area (Å²) in [6.45, 7) is 1.79. The summed E-state index contributed by atoms with van der Waals surface area (Å²) >= 11 is 6.09. The highest BCUT2D eigenvalue weighted by molar-refractivity contribution is 6.32. The number of carbonyl (C=O) groups excluding carboxylic acids is 1. The van der Waals surface area contributed by atoms with Crippen LogP contribution < -0.4 is 5.32 Å². The van der Waals surface area contributed by atoms with Crippen LogP contribution in [0.15, 0.2) is 48.5 Å². The van der Waals surface area contributed by atoms with Gasteiger partial charge in [-0.25, -0.2) is 4.39 Å². The molecule has 0 radical (unpaired) electrons. The van der Waals surface area contributed by atoms with Crippen LogP contribution in [0.2, 0.25) is 0 Å². The largest absolute Gasteiger partial charge is 0.324 e. The van der Waals surface area contributed by atoms with Crippen LogP contribution in [0.4, 0.5) is 10.1 Å². The Labute approximate surface area is 116 Å². The fraction of sp³-hybridized carbons (Fsp3) is 0.133. The summed E-state index contributed by atoms with van der Waals surface area (Å²) in [5.74, 6) is -0.770. The predicted octanol–water partition coefficient (Wildman–Crippen LogP) is 4.05. The highest BCUT2D eigenvalue weighted by Crippen LogP contribution is 2.23. The highest BCUT2D eigenvalue weighted by atomic mass is 35.5. The third-order valence-electron chi connectivity index (χ3n) is 2.78. The van der Waals surface area contributed by atoms with Gasteiger partial charge < -0.3 is 5.32 Å². The zero-order chi connectivity index (χ0) is 13.8. The minimum Gasteiger partial charge on any atom is -0.324 e. The maximum atomic E-state index is 13.1. The molecule has 0 aliphatic rings. The van der Waals surface area contributed by atoms with Crippen molar-refractivity contribution >= 4 is 23.2 Å². The Bertz CT molecular complexity index is 586. The van der Waals surface area contributed by atoms with Gasteiger partial charge in [-0.1, -0.05) is 36.4 Å². The molecule has 0 fully saturated rings. The van der Waals surface area contributed by atoms with Crippen LogP contribution in [0.5, 0.6) is 0 Å². The number of halogens is 2. The number of carbonyl (C=O) groups is 1. The van der Waals surface area contributed by atoms with Crippen LogP contribution >= 0.6 is 11.6 Å². The molecule has 0 spiro atoms. The Morgan fingerprint density at radius 3 is 2.58 bits per heavy atom. The lowest BCUT2D eigenvalue weighted by atomic mass is 10.1. The van der Waals surface area contributed by atoms with Crippen molar-refractivity contribution in [2.75, 3.05) is 5.32 Å². The lowest BCUT2D eigenvalue weighted by Crippen LogP contribution is -2.18. The molecule has 1 atom stereocenters. The number of benzene rings is 2. The van der Waals surface area contributed by atoms with Crippen molar-refractivity contribution in [1.82, 2.24) is 0 Å². The van der Waals surface area contributed by atoms with E-state index in [9.17, 15) is 9.18 Å². The van der Waals surface area contributed by atoms with Gasteiger partial charge in [0.15, 0.2) is 0 Å². The second-order valence-electron chi connectivity index (χ2n) is 4.22. The Morgan fingerprint density at radius 1 is 1.21 bits per heavy atom. The molecule has 0 saturated carbocycles. The van der Waals surface area contributed by atoms with E-state index in [4.69, 9.17) is 11.6 Å². The van der Waals surface area contributed by atoms with Gasteiger partial charge in [-0.3, -0.25) is 4.79 Å². The molecule has 2 aromatic rings. The summed E-state index contributed by atoms with van der Waals surface area (Å²) < 4.78 is 13.1. The molecule has 1 N–H and O–H groups in total. The van der Waals surface area contributed by atoms with E-state index >= 15 is 0 Å². The van der Waals surface area contributed by atoms with Crippen LogP contribution in [0.3, 0.4) is 0 Å². The molecule has 98 valence electrons. The Balaban J connectivity index is 2.15. The summed E-state index contributed by atoms with van der Waals surface area (Å²) in [5.41, 5.74) is 1.92. The number of aryl methyl sites for hydroxylation is 1. The topological polar surface area (TPSA) is 29.1 Å². The van der Waals surface area contributed by atoms with Crippen molar-refractivity contribution in [2.24, 2.45) is 0 Å². The fourth-order valence-corrected chi connectivity index (χ4v) is 1.90. The van der Waals surface area contributed by atoms with Crippen LogP contribution in [0.25, 0.3) is 0 Å². The van der Waals surface area contributed by atoms with Gasteiger partial charge in [0.25, 0.3) is 0 Å². The van der Waals surface area contributed by atoms with Crippen molar-refractivity contribution in [3.05, 3.63) is 65.5 Å². The standard InChI is InChI=1S/C15H13ClFNO/c1-10-7-8-12(17)9-13(10)18-15(19)14(16)11-5-3-2-4-6-11/h2-9,14H,1H3,(H,18,19). The molecular weight excluding hydrogens is 265 g/mol. The summed E-state index contributed by atoms with van der Waals surface area (Å²) in [6.07, 6.45) is 0. The van der Waals surface area contributed by atoms with Gasteiger partial charge >= 0.3 is 0 Å². The fourth-order valence-electron chi connectivity index (χ4n) is 1.70. The van der Waals surface area contributed by atoms with Gasteiger partial charge in [-0.05, 0) is 30.2 Å². The SMILES string of the molecule is Cc1ccc(F)cc1NC(=O)C(Cl)c1ccccc1. The highest BCUT2D eigenvalue weighted by Gasteiger charge is 2.18. The Morgan fingerprint density at radius 2 is 1.89 bits per heavy atom. The van der Waals surface area contributed by atoms with E-state index in [1.807, 2.05) is 18.2 Å². The van der Waals surface area contributed by atoms with Crippen LogP contribution in [-0.2, 0) is 4.79 Å². The van der Waals surface area contributed by atoms with Gasteiger partial charge in [0.2, 0.25) is 5.91 Å². The first-order chi connectivity index (χ1) is 9.08. The lowest BCUT2D eigenvalue weighted by molar-refractivity contribution is -0.116. The normalized spacial score (nSPS) is 11.9. The monoisotopic (exact) mass is 277 g/mol. The molecule has 2 rings (SSSR count). The molecule has 0 heterocycles. The number of hydrogen-bond acceptors (Lipinski definition) is 1. The maximum Gasteiger partial charge on any atom is 0.246 e. The summed E-state index contributed by atoms with van der Waals surface area (Å²) in [7, 11) is 0. The van der Waals surface area contributed by atoms with Crippen molar-refractivity contribution in [1.29, 1.82) is 0 Å². The molecule has 1 amide bonds. The van der Waals surface area contributed by atoms with E-state index in [-0.39, 0.29) is 5.91 Å². The van der Waals surface area contributed by atoms with Gasteiger partial charge in [-0.15, -0.1) is 11.6 Å². The van der Waals surface area contributed by atoms with Crippen LogP contribution in [0, 0.1) is 12.7 Å². The number of rotatable bonds is 3. The molecule has 1 unspecified atom stereocenters. The second kappa shape index (κ2) is 5.85. The zero-order valence-corrected chi connectivity index (χ0v) is 11.1. The average molecular weight is 278 g/mol. The summed E-state index contributed by atoms with van der Waals surface area (Å²) in [5, 5.41) is 1.84. The first-order valence-corrected chi connectivity index (χ1v) is 6.27. The third-order valence-corrected chi connectivity index (χ3v) is 3.23. The van der Waals surface area contributed by atoms with E-state index in [2.05, 4.69) is 5.32 Å². The molecule has 19 heavy (non-hydrogen) atoms. The van der Waals surface area contributed by atoms with Crippen LogP contribution in [-0.4, -0.2) is 5.91 Å². The zero-order valence-electron chi connectivity index (χ0n) is 10.4. The van der Waals surface area contributed by atoms with Gasteiger partial charge in [0.05, 0.1) is 0 Å². The molecule has 0 bridgehead atoms. The molecule has 2 nitrogen and oxygen atoms in total. The number of anilines is 1. The van der Waals surface area contributed by atoms with Gasteiger partial charge in [0, 0.05) is 5.69 Å². The molecule has 0 saturated heterocycles. The van der Waals surface area contributed by atoms with Gasteiger partial charge in [0.1, 0.15) is 11.2 Å². The van der Waals surface area contributed by atoms with E-state index in [1.54, 1.807) is 25.1 Å². The number of alkyl halides is 1. The van der Waals surface area contributed by atoms with E-state index in [0.717, 1.165) is 5.56 Å². The smallest absolute Gasteiger partial charge is 0.246 e. The quantitative estimate of drug-likeness (QED) is 0.843. The molecule has 0 aliphatic heterocycles. The number of amides is 1. The lowest BCUT2D eigenvalue weighted by Gasteiger charge is -2.12. The van der Waals surface area contributed by atoms with Crippen molar-refractivity contribution in [2.45, 2.75) is 12.3 Å². The maximum absolute atomic E-state index is 13.1. The average Bonchev–Trinajstić information content (AvgIpc) is 2.43. The number of hydrogen-bond donors (Lipinski definition) is 1. The second-order valence-corrected chi connectivity index (χ2v) is 4.66. The molecule has 4 heteroatoms. The van der Waals surface area contributed by atoms with Crippen molar-refractivity contribution in [3.63, 3.8) is 0 Å². The predicted molar refractivity (Wildman–Crippen MR) is 74.8 cm³/mol. The van der Waals surface area contributed by atoms with E-state index in [0.29, 0.717) is 11.3 Å². The number of nitrogens with one attached hydrogen (secondary N) is 1.